The van der Waals surface area contributed by atoms with Gasteiger partial charge in [-0.1, -0.05) is 0 Å². The fourth-order valence-corrected chi connectivity index (χ4v) is 0.303. The van der Waals surface area contributed by atoms with Gasteiger partial charge in [0.25, 0.3) is 0 Å². The van der Waals surface area contributed by atoms with Crippen molar-refractivity contribution in [3.05, 3.63) is 12.2 Å². The van der Waals surface area contributed by atoms with Gasteiger partial charge in [0.05, 0.1) is 0 Å². The summed E-state index contributed by atoms with van der Waals surface area (Å²) in [7, 11) is 0. The molecule has 0 amide bonds. The van der Waals surface area contributed by atoms with Gasteiger partial charge in [0.15, 0.2) is 0 Å². The predicted octanol–water partition coefficient (Wildman–Crippen LogP) is -6.14. The fraction of sp³-hybridized carbons (Fsp3) is 0. The standard InChI is InChI=1S/C4H2O3.2K.2H/c5-3-1-2-4(6)7-3;;;;/h1-2H;;;;/q;2*+1;2*-1. The first-order valence-corrected chi connectivity index (χ1v) is 1.73. The number of ether oxygens (including phenoxy) is 1. The molecule has 0 aromatic rings. The van der Waals surface area contributed by atoms with E-state index in [9.17, 15) is 9.59 Å². The van der Waals surface area contributed by atoms with Crippen LogP contribution < -0.4 is 103 Å². The Kier molecular flexibility index (Phi) is 10.4. The number of carbonyl (C=O) groups is 2. The molecule has 0 fully saturated rings. The minimum atomic E-state index is -0.579. The van der Waals surface area contributed by atoms with Crippen LogP contribution in [0, 0.1) is 0 Å². The third-order valence-electron chi connectivity index (χ3n) is 0.557. The van der Waals surface area contributed by atoms with Crippen molar-refractivity contribution < 1.29 is 120 Å². The van der Waals surface area contributed by atoms with Gasteiger partial charge in [-0.25, -0.2) is 9.59 Å². The summed E-state index contributed by atoms with van der Waals surface area (Å²) < 4.78 is 3.97. The zero-order valence-corrected chi connectivity index (χ0v) is 11.6. The van der Waals surface area contributed by atoms with Gasteiger partial charge in [0, 0.05) is 12.2 Å². The van der Waals surface area contributed by atoms with E-state index in [1.165, 1.54) is 0 Å². The first-order valence-electron chi connectivity index (χ1n) is 1.73. The molecule has 3 nitrogen and oxygen atoms in total. The van der Waals surface area contributed by atoms with Crippen LogP contribution in [0.25, 0.3) is 0 Å². The van der Waals surface area contributed by atoms with Crippen molar-refractivity contribution in [2.24, 2.45) is 0 Å². The summed E-state index contributed by atoms with van der Waals surface area (Å²) in [6.07, 6.45) is 2.17. The summed E-state index contributed by atoms with van der Waals surface area (Å²) in [5.74, 6) is -1.16. The van der Waals surface area contributed by atoms with Crippen molar-refractivity contribution >= 4 is 11.9 Å². The third kappa shape index (κ3) is 5.43. The normalized spacial score (nSPS) is 13.8. The van der Waals surface area contributed by atoms with Crippen molar-refractivity contribution in [3.8, 4) is 0 Å². The second-order valence-corrected chi connectivity index (χ2v) is 1.07. The summed E-state index contributed by atoms with van der Waals surface area (Å²) in [6, 6.07) is 0. The topological polar surface area (TPSA) is 43.4 Å². The van der Waals surface area contributed by atoms with E-state index in [-0.39, 0.29) is 106 Å². The monoisotopic (exact) mass is 178 g/mol. The molecule has 5 heteroatoms. The van der Waals surface area contributed by atoms with Gasteiger partial charge in [-0.15, -0.1) is 0 Å². The second-order valence-electron chi connectivity index (χ2n) is 1.07. The molecule has 0 spiro atoms. The Morgan fingerprint density at radius 3 is 1.56 bits per heavy atom. The average molecular weight is 178 g/mol. The largest absolute Gasteiger partial charge is 1.00 e. The Hall–Kier alpha value is 2.15. The summed E-state index contributed by atoms with van der Waals surface area (Å²) in [6.45, 7) is 0. The SMILES string of the molecule is O=C1C=CC(=O)O1.[H-].[H-].[K+].[K+]. The van der Waals surface area contributed by atoms with E-state index in [0.29, 0.717) is 0 Å². The van der Waals surface area contributed by atoms with Crippen LogP contribution in [0.3, 0.4) is 0 Å². The maximum absolute atomic E-state index is 9.92. The molecule has 0 atom stereocenters. The van der Waals surface area contributed by atoms with E-state index in [2.05, 4.69) is 4.74 Å². The van der Waals surface area contributed by atoms with E-state index in [1.807, 2.05) is 0 Å². The molecule has 0 aromatic heterocycles. The predicted molar refractivity (Wildman–Crippen MR) is 22.5 cm³/mol. The number of hydrogen-bond acceptors (Lipinski definition) is 3. The molecular weight excluding hydrogens is 174 g/mol. The van der Waals surface area contributed by atoms with Gasteiger partial charge in [-0.2, -0.15) is 0 Å². The second kappa shape index (κ2) is 6.84. The Balaban J connectivity index is -0.0000000612. The van der Waals surface area contributed by atoms with Crippen LogP contribution in [-0.4, -0.2) is 11.9 Å². The number of cyclic esters (lactones) is 2. The van der Waals surface area contributed by atoms with Gasteiger partial charge in [0.1, 0.15) is 0 Å². The van der Waals surface area contributed by atoms with Crippen LogP contribution in [0.5, 0.6) is 0 Å². The van der Waals surface area contributed by atoms with Crippen LogP contribution in [0.1, 0.15) is 2.85 Å². The van der Waals surface area contributed by atoms with Crippen molar-refractivity contribution in [2.75, 3.05) is 0 Å². The Morgan fingerprint density at radius 1 is 1.11 bits per heavy atom. The number of hydrogen-bond donors (Lipinski definition) is 0. The Bertz CT molecular complexity index is 143. The van der Waals surface area contributed by atoms with Crippen LogP contribution in [-0.2, 0) is 14.3 Å². The molecule has 9 heavy (non-hydrogen) atoms. The quantitative estimate of drug-likeness (QED) is 0.211. The number of esters is 2. The van der Waals surface area contributed by atoms with Crippen molar-refractivity contribution in [3.63, 3.8) is 0 Å². The van der Waals surface area contributed by atoms with Gasteiger partial charge in [0.2, 0.25) is 0 Å². The zero-order valence-electron chi connectivity index (χ0n) is 7.38. The average Bonchev–Trinajstić information content (AvgIpc) is 1.87. The van der Waals surface area contributed by atoms with Crippen LogP contribution in [0.2, 0.25) is 0 Å². The summed E-state index contributed by atoms with van der Waals surface area (Å²) in [5.41, 5.74) is 0. The maximum atomic E-state index is 9.92. The molecule has 0 aromatic carbocycles. The molecule has 0 saturated heterocycles. The van der Waals surface area contributed by atoms with Gasteiger partial charge < -0.3 is 7.59 Å². The van der Waals surface area contributed by atoms with Crippen molar-refractivity contribution in [1.29, 1.82) is 0 Å². The van der Waals surface area contributed by atoms with E-state index in [1.54, 1.807) is 0 Å². The minimum absolute atomic E-state index is 0. The third-order valence-corrected chi connectivity index (χ3v) is 0.557. The zero-order chi connectivity index (χ0) is 5.28. The molecule has 1 rings (SSSR count). The summed E-state index contributed by atoms with van der Waals surface area (Å²) in [5, 5.41) is 0. The molecule has 0 bridgehead atoms. The van der Waals surface area contributed by atoms with Crippen molar-refractivity contribution in [2.45, 2.75) is 0 Å². The van der Waals surface area contributed by atoms with Gasteiger partial charge in [-0.3, -0.25) is 0 Å². The Labute approximate surface area is 140 Å². The fourth-order valence-electron chi connectivity index (χ4n) is 0.303. The number of carbonyl (C=O) groups excluding carboxylic acids is 2. The van der Waals surface area contributed by atoms with E-state index in [4.69, 9.17) is 0 Å². The molecule has 1 aliphatic rings. The first-order chi connectivity index (χ1) is 3.29. The molecule has 0 radical (unpaired) electrons. The van der Waals surface area contributed by atoms with E-state index >= 15 is 0 Å². The molecule has 1 heterocycles. The van der Waals surface area contributed by atoms with E-state index < -0.39 is 11.9 Å². The smallest absolute Gasteiger partial charge is 1.00 e. The van der Waals surface area contributed by atoms with Crippen molar-refractivity contribution in [1.82, 2.24) is 0 Å². The number of rotatable bonds is 0. The first kappa shape index (κ1) is 13.7. The molecule has 0 saturated carbocycles. The van der Waals surface area contributed by atoms with E-state index in [0.717, 1.165) is 12.2 Å². The van der Waals surface area contributed by atoms with Gasteiger partial charge >= 0.3 is 115 Å². The van der Waals surface area contributed by atoms with Gasteiger partial charge in [-0.05, 0) is 0 Å². The minimum Gasteiger partial charge on any atom is -1.00 e. The molecule has 0 aliphatic carbocycles. The molecule has 1 aliphatic heterocycles. The van der Waals surface area contributed by atoms with Crippen LogP contribution in [0.15, 0.2) is 12.2 Å². The molecular formula is C4H4K2O3. The summed E-state index contributed by atoms with van der Waals surface area (Å²) in [4.78, 5) is 19.8. The molecule has 0 unspecified atom stereocenters. The van der Waals surface area contributed by atoms with Crippen LogP contribution in [0.4, 0.5) is 0 Å². The summed E-state index contributed by atoms with van der Waals surface area (Å²) >= 11 is 0. The Morgan fingerprint density at radius 2 is 1.44 bits per heavy atom. The van der Waals surface area contributed by atoms with Crippen LogP contribution >= 0.6 is 0 Å². The molecule has 0 N–H and O–H groups in total. The molecule has 40 valence electrons. The maximum Gasteiger partial charge on any atom is 1.00 e.